The van der Waals surface area contributed by atoms with Gasteiger partial charge in [0.2, 0.25) is 11.8 Å². The molecule has 1 saturated heterocycles. The standard InChI is InChI=1S/C16H21N3O2/c1-12(13-7-9-20-10-8-13)17-11-15-18-19-16(21-15)14-5-3-2-4-6-14/h2-6,12-13,17H,7-11H2,1H3. The molecule has 0 bridgehead atoms. The molecular weight excluding hydrogens is 266 g/mol. The van der Waals surface area contributed by atoms with E-state index < -0.39 is 0 Å². The van der Waals surface area contributed by atoms with Crippen LogP contribution < -0.4 is 5.32 Å². The molecule has 0 saturated carbocycles. The number of ether oxygens (including phenoxy) is 1. The van der Waals surface area contributed by atoms with Crippen LogP contribution in [0.25, 0.3) is 11.5 Å². The van der Waals surface area contributed by atoms with Gasteiger partial charge < -0.3 is 14.5 Å². The average molecular weight is 287 g/mol. The molecule has 0 radical (unpaired) electrons. The second-order valence-electron chi connectivity index (χ2n) is 5.49. The van der Waals surface area contributed by atoms with E-state index in [1.54, 1.807) is 0 Å². The average Bonchev–Trinajstić information content (AvgIpc) is 3.03. The Morgan fingerprint density at radius 2 is 1.95 bits per heavy atom. The number of hydrogen-bond donors (Lipinski definition) is 1. The van der Waals surface area contributed by atoms with E-state index in [2.05, 4.69) is 22.4 Å². The van der Waals surface area contributed by atoms with E-state index in [0.717, 1.165) is 31.6 Å². The highest BCUT2D eigenvalue weighted by atomic mass is 16.5. The summed E-state index contributed by atoms with van der Waals surface area (Å²) in [7, 11) is 0. The first-order chi connectivity index (χ1) is 10.3. The van der Waals surface area contributed by atoms with E-state index in [4.69, 9.17) is 9.15 Å². The smallest absolute Gasteiger partial charge is 0.247 e. The molecule has 0 amide bonds. The molecule has 0 aliphatic carbocycles. The third kappa shape index (κ3) is 3.68. The molecule has 21 heavy (non-hydrogen) atoms. The van der Waals surface area contributed by atoms with Gasteiger partial charge in [0.1, 0.15) is 0 Å². The number of nitrogens with one attached hydrogen (secondary N) is 1. The van der Waals surface area contributed by atoms with E-state index in [1.807, 2.05) is 30.3 Å². The summed E-state index contributed by atoms with van der Waals surface area (Å²) in [5, 5.41) is 11.7. The Morgan fingerprint density at radius 1 is 1.19 bits per heavy atom. The molecule has 1 aromatic carbocycles. The predicted molar refractivity (Wildman–Crippen MR) is 79.6 cm³/mol. The van der Waals surface area contributed by atoms with Crippen LogP contribution >= 0.6 is 0 Å². The van der Waals surface area contributed by atoms with Gasteiger partial charge in [-0.2, -0.15) is 0 Å². The van der Waals surface area contributed by atoms with Gasteiger partial charge in [-0.15, -0.1) is 10.2 Å². The molecule has 1 aliphatic heterocycles. The highest BCUT2D eigenvalue weighted by Crippen LogP contribution is 2.20. The van der Waals surface area contributed by atoms with Gasteiger partial charge >= 0.3 is 0 Å². The van der Waals surface area contributed by atoms with Crippen molar-refractivity contribution in [2.45, 2.75) is 32.4 Å². The lowest BCUT2D eigenvalue weighted by atomic mass is 9.93. The molecule has 1 unspecified atom stereocenters. The number of rotatable bonds is 5. The quantitative estimate of drug-likeness (QED) is 0.916. The fraction of sp³-hybridized carbons (Fsp3) is 0.500. The lowest BCUT2D eigenvalue weighted by Crippen LogP contribution is -2.36. The maximum Gasteiger partial charge on any atom is 0.247 e. The third-order valence-electron chi connectivity index (χ3n) is 4.04. The van der Waals surface area contributed by atoms with Crippen LogP contribution in [0.1, 0.15) is 25.7 Å². The van der Waals surface area contributed by atoms with Crippen molar-refractivity contribution in [3.63, 3.8) is 0 Å². The van der Waals surface area contributed by atoms with E-state index in [-0.39, 0.29) is 0 Å². The van der Waals surface area contributed by atoms with Crippen molar-refractivity contribution >= 4 is 0 Å². The van der Waals surface area contributed by atoms with Gasteiger partial charge in [0.15, 0.2) is 0 Å². The molecule has 112 valence electrons. The summed E-state index contributed by atoms with van der Waals surface area (Å²) in [5.74, 6) is 1.87. The van der Waals surface area contributed by atoms with Crippen LogP contribution in [0.4, 0.5) is 0 Å². The van der Waals surface area contributed by atoms with Crippen LogP contribution in [-0.2, 0) is 11.3 Å². The van der Waals surface area contributed by atoms with Crippen molar-refractivity contribution in [3.05, 3.63) is 36.2 Å². The van der Waals surface area contributed by atoms with Crippen molar-refractivity contribution in [1.29, 1.82) is 0 Å². The molecule has 1 atom stereocenters. The maximum atomic E-state index is 5.70. The van der Waals surface area contributed by atoms with E-state index in [9.17, 15) is 0 Å². The normalized spacial score (nSPS) is 17.8. The van der Waals surface area contributed by atoms with Crippen molar-refractivity contribution < 1.29 is 9.15 Å². The van der Waals surface area contributed by atoms with Gasteiger partial charge in [-0.1, -0.05) is 18.2 Å². The zero-order valence-electron chi connectivity index (χ0n) is 12.3. The Labute approximate surface area is 124 Å². The van der Waals surface area contributed by atoms with Crippen LogP contribution in [0.5, 0.6) is 0 Å². The van der Waals surface area contributed by atoms with Gasteiger partial charge in [0, 0.05) is 24.8 Å². The highest BCUT2D eigenvalue weighted by molar-refractivity contribution is 5.51. The summed E-state index contributed by atoms with van der Waals surface area (Å²) in [6, 6.07) is 10.3. The second-order valence-corrected chi connectivity index (χ2v) is 5.49. The molecule has 1 N–H and O–H groups in total. The first-order valence-corrected chi connectivity index (χ1v) is 7.52. The van der Waals surface area contributed by atoms with Crippen LogP contribution in [0.15, 0.2) is 34.7 Å². The summed E-state index contributed by atoms with van der Waals surface area (Å²) < 4.78 is 11.1. The first-order valence-electron chi connectivity index (χ1n) is 7.52. The minimum absolute atomic E-state index is 0.431. The SMILES string of the molecule is CC(NCc1nnc(-c2ccccc2)o1)C1CCOCC1. The number of nitrogens with zero attached hydrogens (tertiary/aromatic N) is 2. The van der Waals surface area contributed by atoms with Gasteiger partial charge in [-0.3, -0.25) is 0 Å². The first kappa shape index (κ1) is 14.2. The van der Waals surface area contributed by atoms with Crippen molar-refractivity contribution in [2.24, 2.45) is 5.92 Å². The van der Waals surface area contributed by atoms with Crippen molar-refractivity contribution in [3.8, 4) is 11.5 Å². The summed E-state index contributed by atoms with van der Waals surface area (Å²) in [4.78, 5) is 0. The maximum absolute atomic E-state index is 5.70. The van der Waals surface area contributed by atoms with Crippen molar-refractivity contribution in [2.75, 3.05) is 13.2 Å². The Morgan fingerprint density at radius 3 is 2.71 bits per heavy atom. The summed E-state index contributed by atoms with van der Waals surface area (Å²) >= 11 is 0. The van der Waals surface area contributed by atoms with Crippen LogP contribution in [-0.4, -0.2) is 29.5 Å². The molecule has 5 nitrogen and oxygen atoms in total. The minimum Gasteiger partial charge on any atom is -0.419 e. The van der Waals surface area contributed by atoms with Gasteiger partial charge in [-0.05, 0) is 37.8 Å². The molecule has 3 rings (SSSR count). The predicted octanol–water partition coefficient (Wildman–Crippen LogP) is 2.64. The molecule has 1 aliphatic rings. The number of hydrogen-bond acceptors (Lipinski definition) is 5. The number of benzene rings is 1. The Hall–Kier alpha value is -1.72. The third-order valence-corrected chi connectivity index (χ3v) is 4.04. The highest BCUT2D eigenvalue weighted by Gasteiger charge is 2.20. The van der Waals surface area contributed by atoms with Crippen LogP contribution in [0.2, 0.25) is 0 Å². The Bertz CT molecular complexity index is 550. The summed E-state index contributed by atoms with van der Waals surface area (Å²) in [5.41, 5.74) is 0.953. The van der Waals surface area contributed by atoms with Gasteiger partial charge in [-0.25, -0.2) is 0 Å². The van der Waals surface area contributed by atoms with Crippen LogP contribution in [0, 0.1) is 5.92 Å². The molecule has 5 heteroatoms. The topological polar surface area (TPSA) is 60.2 Å². The Balaban J connectivity index is 1.55. The lowest BCUT2D eigenvalue weighted by molar-refractivity contribution is 0.0555. The zero-order valence-corrected chi connectivity index (χ0v) is 12.3. The molecular formula is C16H21N3O2. The lowest BCUT2D eigenvalue weighted by Gasteiger charge is -2.28. The summed E-state index contributed by atoms with van der Waals surface area (Å²) in [6.45, 7) is 4.56. The fourth-order valence-electron chi connectivity index (χ4n) is 2.65. The van der Waals surface area contributed by atoms with Gasteiger partial charge in [0.05, 0.1) is 6.54 Å². The molecule has 1 aromatic heterocycles. The largest absolute Gasteiger partial charge is 0.419 e. The minimum atomic E-state index is 0.431. The molecule has 1 fully saturated rings. The number of aromatic nitrogens is 2. The monoisotopic (exact) mass is 287 g/mol. The van der Waals surface area contributed by atoms with Crippen molar-refractivity contribution in [1.82, 2.24) is 15.5 Å². The van der Waals surface area contributed by atoms with E-state index in [0.29, 0.717) is 30.3 Å². The fourth-order valence-corrected chi connectivity index (χ4v) is 2.65. The molecule has 2 heterocycles. The second kappa shape index (κ2) is 6.83. The summed E-state index contributed by atoms with van der Waals surface area (Å²) in [6.07, 6.45) is 2.24. The van der Waals surface area contributed by atoms with E-state index in [1.165, 1.54) is 0 Å². The van der Waals surface area contributed by atoms with E-state index >= 15 is 0 Å². The van der Waals surface area contributed by atoms with Gasteiger partial charge in [0.25, 0.3) is 0 Å². The molecule has 0 spiro atoms. The Kier molecular flexibility index (Phi) is 4.62. The zero-order chi connectivity index (χ0) is 14.5. The van der Waals surface area contributed by atoms with Crippen LogP contribution in [0.3, 0.4) is 0 Å². The molecule has 2 aromatic rings.